The van der Waals surface area contributed by atoms with E-state index in [2.05, 4.69) is 19.9 Å². The number of thioether (sulfide) groups is 1. The van der Waals surface area contributed by atoms with Gasteiger partial charge in [0.1, 0.15) is 11.3 Å². The summed E-state index contributed by atoms with van der Waals surface area (Å²) >= 11 is 1.26. The molecule has 0 radical (unpaired) electrons. The molecule has 1 aromatic carbocycles. The second kappa shape index (κ2) is 9.47. The van der Waals surface area contributed by atoms with Gasteiger partial charge in [-0.2, -0.15) is 13.2 Å². The highest BCUT2D eigenvalue weighted by atomic mass is 32.2. The maximum atomic E-state index is 13.9. The summed E-state index contributed by atoms with van der Waals surface area (Å²) in [6.07, 6.45) is 0.576. The van der Waals surface area contributed by atoms with Gasteiger partial charge >= 0.3 is 12.1 Å². The molecule has 13 heteroatoms. The SMILES string of the molecule is O=C(O)Cc1cc(CSc2ncc3c(n2)c(-c2cnc(C(F)(F)F)nc2)cn3C2COC2)ccc1F. The van der Waals surface area contributed by atoms with E-state index in [0.29, 0.717) is 51.8 Å². The second-order valence-corrected chi connectivity index (χ2v) is 9.05. The van der Waals surface area contributed by atoms with Crippen LogP contribution in [0, 0.1) is 5.82 Å². The molecular weight excluding hydrogens is 502 g/mol. The van der Waals surface area contributed by atoms with Crippen LogP contribution in [0.15, 0.2) is 48.1 Å². The lowest BCUT2D eigenvalue weighted by molar-refractivity contribution is -0.145. The number of nitrogens with zero attached hydrogens (tertiary/aromatic N) is 5. The van der Waals surface area contributed by atoms with Crippen molar-refractivity contribution in [3.63, 3.8) is 0 Å². The number of hydrogen-bond acceptors (Lipinski definition) is 7. The number of rotatable bonds is 7. The molecule has 5 rings (SSSR count). The summed E-state index contributed by atoms with van der Waals surface area (Å²) in [6, 6.07) is 4.32. The smallest absolute Gasteiger partial charge is 0.451 e. The molecule has 1 fully saturated rings. The summed E-state index contributed by atoms with van der Waals surface area (Å²) in [6.45, 7) is 0.985. The van der Waals surface area contributed by atoms with E-state index in [-0.39, 0.29) is 11.6 Å². The summed E-state index contributed by atoms with van der Waals surface area (Å²) in [5.41, 5.74) is 2.92. The van der Waals surface area contributed by atoms with Crippen LogP contribution in [0.4, 0.5) is 17.6 Å². The van der Waals surface area contributed by atoms with Crippen LogP contribution in [0.25, 0.3) is 22.2 Å². The summed E-state index contributed by atoms with van der Waals surface area (Å²) < 4.78 is 59.8. The average Bonchev–Trinajstić information content (AvgIpc) is 3.16. The van der Waals surface area contributed by atoms with Crippen molar-refractivity contribution in [2.75, 3.05) is 13.2 Å². The minimum absolute atomic E-state index is 0.0468. The number of halogens is 4. The third kappa shape index (κ3) is 4.88. The average molecular weight is 519 g/mol. The highest BCUT2D eigenvalue weighted by Crippen LogP contribution is 2.35. The number of carbonyl (C=O) groups is 1. The number of alkyl halides is 3. The number of fused-ring (bicyclic) bond motifs is 1. The summed E-state index contributed by atoms with van der Waals surface area (Å²) in [5, 5.41) is 9.35. The molecule has 0 aliphatic carbocycles. The molecule has 36 heavy (non-hydrogen) atoms. The third-order valence-corrected chi connectivity index (χ3v) is 6.53. The molecule has 0 atom stereocenters. The van der Waals surface area contributed by atoms with Crippen molar-refractivity contribution in [3.05, 3.63) is 65.8 Å². The van der Waals surface area contributed by atoms with E-state index in [1.54, 1.807) is 18.5 Å². The fourth-order valence-corrected chi connectivity index (χ4v) is 4.52. The zero-order valence-electron chi connectivity index (χ0n) is 18.4. The molecule has 8 nitrogen and oxygen atoms in total. The molecule has 0 saturated carbocycles. The maximum absolute atomic E-state index is 13.9. The Hall–Kier alpha value is -3.58. The van der Waals surface area contributed by atoms with Gasteiger partial charge in [-0.25, -0.2) is 24.3 Å². The van der Waals surface area contributed by atoms with Crippen LogP contribution in [0.5, 0.6) is 0 Å². The summed E-state index contributed by atoms with van der Waals surface area (Å²) in [4.78, 5) is 26.9. The molecule has 1 aliphatic heterocycles. The highest BCUT2D eigenvalue weighted by molar-refractivity contribution is 7.98. The number of carboxylic acid groups (broad SMARTS) is 1. The Morgan fingerprint density at radius 3 is 2.56 bits per heavy atom. The molecular formula is C23H17F4N5O3S. The van der Waals surface area contributed by atoms with E-state index in [9.17, 15) is 22.4 Å². The number of carboxylic acids is 1. The standard InChI is InChI=1S/C23H17F4N5O3S/c24-17-2-1-12(3-13(17)4-19(33)34)11-36-22-30-7-18-20(31-22)16(8-32(18)15-9-35-10-15)14-5-28-21(29-6-14)23(25,26)27/h1-3,5-8,15H,4,9-11H2,(H,33,34). The zero-order valence-corrected chi connectivity index (χ0v) is 19.2. The topological polar surface area (TPSA) is 103 Å². The van der Waals surface area contributed by atoms with Gasteiger partial charge < -0.3 is 14.4 Å². The van der Waals surface area contributed by atoms with Crippen LogP contribution in [-0.2, 0) is 27.9 Å². The first kappa shape index (κ1) is 24.1. The van der Waals surface area contributed by atoms with Crippen LogP contribution in [-0.4, -0.2) is 48.8 Å². The van der Waals surface area contributed by atoms with Crippen molar-refractivity contribution in [1.29, 1.82) is 0 Å². The third-order valence-electron chi connectivity index (χ3n) is 5.60. The highest BCUT2D eigenvalue weighted by Gasteiger charge is 2.34. The molecule has 1 N–H and O–H groups in total. The normalized spacial score (nSPS) is 14.2. The number of hydrogen-bond donors (Lipinski definition) is 1. The van der Waals surface area contributed by atoms with Gasteiger partial charge in [-0.15, -0.1) is 0 Å². The van der Waals surface area contributed by atoms with Gasteiger partial charge in [0.25, 0.3) is 0 Å². The summed E-state index contributed by atoms with van der Waals surface area (Å²) in [5.74, 6) is -2.59. The predicted molar refractivity (Wildman–Crippen MR) is 121 cm³/mol. The maximum Gasteiger partial charge on any atom is 0.451 e. The van der Waals surface area contributed by atoms with Gasteiger partial charge in [0, 0.05) is 35.5 Å². The Morgan fingerprint density at radius 1 is 1.17 bits per heavy atom. The molecule has 186 valence electrons. The minimum Gasteiger partial charge on any atom is -0.481 e. The first-order chi connectivity index (χ1) is 17.2. The number of ether oxygens (including phenoxy) is 1. The molecule has 1 saturated heterocycles. The first-order valence-corrected chi connectivity index (χ1v) is 11.6. The Bertz CT molecular complexity index is 1440. The Balaban J connectivity index is 1.46. The fourth-order valence-electron chi connectivity index (χ4n) is 3.76. The van der Waals surface area contributed by atoms with E-state index >= 15 is 0 Å². The quantitative estimate of drug-likeness (QED) is 0.216. The predicted octanol–water partition coefficient (Wildman–Crippen LogP) is 4.54. The van der Waals surface area contributed by atoms with Crippen LogP contribution in [0.1, 0.15) is 23.0 Å². The van der Waals surface area contributed by atoms with Crippen molar-refractivity contribution in [1.82, 2.24) is 24.5 Å². The Kier molecular flexibility index (Phi) is 6.35. The molecule has 0 bridgehead atoms. The van der Waals surface area contributed by atoms with Gasteiger partial charge in [0.2, 0.25) is 5.82 Å². The molecule has 3 aromatic heterocycles. The van der Waals surface area contributed by atoms with E-state index < -0.39 is 30.2 Å². The van der Waals surface area contributed by atoms with Crippen molar-refractivity contribution in [3.8, 4) is 11.1 Å². The molecule has 1 aliphatic rings. The molecule has 0 unspecified atom stereocenters. The Morgan fingerprint density at radius 2 is 1.92 bits per heavy atom. The zero-order chi connectivity index (χ0) is 25.4. The molecule has 4 aromatic rings. The van der Waals surface area contributed by atoms with Gasteiger partial charge in [0.05, 0.1) is 37.4 Å². The van der Waals surface area contributed by atoms with Gasteiger partial charge in [-0.05, 0) is 17.2 Å². The molecule has 4 heterocycles. The van der Waals surface area contributed by atoms with Gasteiger partial charge in [-0.3, -0.25) is 4.79 Å². The molecule has 0 spiro atoms. The number of aromatic nitrogens is 5. The lowest BCUT2D eigenvalue weighted by Gasteiger charge is -2.28. The number of aliphatic carboxylic acids is 1. The van der Waals surface area contributed by atoms with E-state index in [4.69, 9.17) is 9.84 Å². The Labute approximate surface area is 205 Å². The van der Waals surface area contributed by atoms with E-state index in [1.165, 1.54) is 23.9 Å². The molecule has 0 amide bonds. The fraction of sp³-hybridized carbons (Fsp3) is 0.261. The minimum atomic E-state index is -4.65. The van der Waals surface area contributed by atoms with E-state index in [0.717, 1.165) is 12.4 Å². The lowest BCUT2D eigenvalue weighted by atomic mass is 10.1. The summed E-state index contributed by atoms with van der Waals surface area (Å²) in [7, 11) is 0. The second-order valence-electron chi connectivity index (χ2n) is 8.11. The van der Waals surface area contributed by atoms with Crippen molar-refractivity contribution < 1.29 is 32.2 Å². The monoisotopic (exact) mass is 519 g/mol. The lowest BCUT2D eigenvalue weighted by Crippen LogP contribution is -2.30. The van der Waals surface area contributed by atoms with E-state index in [1.807, 2.05) is 4.57 Å². The van der Waals surface area contributed by atoms with Crippen molar-refractivity contribution in [2.45, 2.75) is 29.5 Å². The van der Waals surface area contributed by atoms with Crippen LogP contribution < -0.4 is 0 Å². The van der Waals surface area contributed by atoms with Crippen LogP contribution in [0.3, 0.4) is 0 Å². The van der Waals surface area contributed by atoms with Crippen LogP contribution in [0.2, 0.25) is 0 Å². The van der Waals surface area contributed by atoms with Gasteiger partial charge in [-0.1, -0.05) is 23.9 Å². The van der Waals surface area contributed by atoms with Crippen molar-refractivity contribution >= 4 is 28.8 Å². The van der Waals surface area contributed by atoms with Crippen LogP contribution >= 0.6 is 11.8 Å². The largest absolute Gasteiger partial charge is 0.481 e. The number of benzene rings is 1. The first-order valence-electron chi connectivity index (χ1n) is 10.7. The van der Waals surface area contributed by atoms with Crippen molar-refractivity contribution in [2.24, 2.45) is 0 Å². The van der Waals surface area contributed by atoms with Gasteiger partial charge in [0.15, 0.2) is 5.16 Å².